The average Bonchev–Trinajstić information content (AvgIpc) is 3.21. The van der Waals surface area contributed by atoms with E-state index in [2.05, 4.69) is 63.7 Å². The first-order chi connectivity index (χ1) is 8.83. The maximum Gasteiger partial charge on any atom is 0.0403 e. The summed E-state index contributed by atoms with van der Waals surface area (Å²) in [4.78, 5) is 0. The summed E-state index contributed by atoms with van der Waals surface area (Å²) >= 11 is 3.50. The van der Waals surface area contributed by atoms with Crippen molar-refractivity contribution in [3.63, 3.8) is 0 Å². The minimum Gasteiger partial charge on any atom is -0.381 e. The zero-order valence-electron chi connectivity index (χ0n) is 10.2. The summed E-state index contributed by atoms with van der Waals surface area (Å²) in [7, 11) is 0. The molecule has 0 saturated heterocycles. The van der Waals surface area contributed by atoms with Gasteiger partial charge in [-0.3, -0.25) is 0 Å². The van der Waals surface area contributed by atoms with E-state index in [9.17, 15) is 0 Å². The normalized spacial score (nSPS) is 14.5. The molecule has 0 radical (unpaired) electrons. The van der Waals surface area contributed by atoms with Crippen LogP contribution in [0, 0.1) is 0 Å². The second kappa shape index (κ2) is 5.15. The van der Waals surface area contributed by atoms with Crippen LogP contribution in [0.15, 0.2) is 53.0 Å². The van der Waals surface area contributed by atoms with Crippen LogP contribution < -0.4 is 5.32 Å². The van der Waals surface area contributed by atoms with Gasteiger partial charge in [0.15, 0.2) is 0 Å². The highest BCUT2D eigenvalue weighted by Crippen LogP contribution is 2.41. The minimum absolute atomic E-state index is 0.811. The molecule has 1 aliphatic carbocycles. The fourth-order valence-electron chi connectivity index (χ4n) is 2.28. The third-order valence-electron chi connectivity index (χ3n) is 3.38. The summed E-state index contributed by atoms with van der Waals surface area (Å²) < 4.78 is 1.11. The monoisotopic (exact) mass is 301 g/mol. The predicted molar refractivity (Wildman–Crippen MR) is 79.9 cm³/mol. The van der Waals surface area contributed by atoms with Crippen molar-refractivity contribution in [1.82, 2.24) is 0 Å². The van der Waals surface area contributed by atoms with Crippen molar-refractivity contribution < 1.29 is 0 Å². The molecule has 0 aliphatic heterocycles. The Labute approximate surface area is 116 Å². The fraction of sp³-hybridized carbons (Fsp3) is 0.250. The van der Waals surface area contributed by atoms with E-state index in [0.717, 1.165) is 22.6 Å². The number of rotatable bonds is 4. The smallest absolute Gasteiger partial charge is 0.0403 e. The van der Waals surface area contributed by atoms with Gasteiger partial charge in [-0.05, 0) is 48.1 Å². The van der Waals surface area contributed by atoms with Crippen molar-refractivity contribution in [2.24, 2.45) is 0 Å². The molecule has 0 atom stereocenters. The van der Waals surface area contributed by atoms with Gasteiger partial charge in [-0.2, -0.15) is 0 Å². The van der Waals surface area contributed by atoms with Gasteiger partial charge in [0.05, 0.1) is 0 Å². The highest BCUT2D eigenvalue weighted by molar-refractivity contribution is 9.10. The van der Waals surface area contributed by atoms with Crippen LogP contribution in [-0.2, 0) is 6.54 Å². The molecule has 0 heterocycles. The van der Waals surface area contributed by atoms with Crippen LogP contribution in [-0.4, -0.2) is 0 Å². The summed E-state index contributed by atoms with van der Waals surface area (Å²) in [6, 6.07) is 17.1. The van der Waals surface area contributed by atoms with Gasteiger partial charge < -0.3 is 5.32 Å². The molecule has 92 valence electrons. The van der Waals surface area contributed by atoms with E-state index >= 15 is 0 Å². The maximum absolute atomic E-state index is 3.50. The predicted octanol–water partition coefficient (Wildman–Crippen LogP) is 4.94. The Morgan fingerprint density at radius 3 is 2.67 bits per heavy atom. The molecule has 1 saturated carbocycles. The van der Waals surface area contributed by atoms with Gasteiger partial charge in [-0.15, -0.1) is 0 Å². The van der Waals surface area contributed by atoms with Crippen LogP contribution in [0.5, 0.6) is 0 Å². The van der Waals surface area contributed by atoms with Gasteiger partial charge >= 0.3 is 0 Å². The van der Waals surface area contributed by atoms with E-state index in [-0.39, 0.29) is 0 Å². The molecule has 1 N–H and O–H groups in total. The molecule has 2 heteroatoms. The number of halogens is 1. The number of hydrogen-bond donors (Lipinski definition) is 1. The standard InChI is InChI=1S/C16H16BrN/c17-14-5-3-6-15(10-14)18-11-13-4-1-2-7-16(13)12-8-9-12/h1-7,10,12,18H,8-9,11H2. The molecule has 1 fully saturated rings. The summed E-state index contributed by atoms with van der Waals surface area (Å²) in [6.45, 7) is 0.906. The lowest BCUT2D eigenvalue weighted by atomic mass is 10.0. The Morgan fingerprint density at radius 1 is 1.06 bits per heavy atom. The molecule has 0 aromatic heterocycles. The molecule has 18 heavy (non-hydrogen) atoms. The largest absolute Gasteiger partial charge is 0.381 e. The first-order valence-electron chi connectivity index (χ1n) is 6.40. The van der Waals surface area contributed by atoms with Crippen LogP contribution in [0.3, 0.4) is 0 Å². The van der Waals surface area contributed by atoms with Crippen LogP contribution in [0.25, 0.3) is 0 Å². The molecule has 1 nitrogen and oxygen atoms in total. The average molecular weight is 302 g/mol. The van der Waals surface area contributed by atoms with Crippen LogP contribution in [0.2, 0.25) is 0 Å². The van der Waals surface area contributed by atoms with Crippen molar-refractivity contribution in [3.8, 4) is 0 Å². The zero-order valence-corrected chi connectivity index (χ0v) is 11.8. The molecule has 1 aliphatic rings. The molecule has 0 spiro atoms. The lowest BCUT2D eigenvalue weighted by molar-refractivity contribution is 1.04. The van der Waals surface area contributed by atoms with E-state index in [1.54, 1.807) is 0 Å². The zero-order chi connectivity index (χ0) is 12.4. The van der Waals surface area contributed by atoms with Gasteiger partial charge in [0.1, 0.15) is 0 Å². The quantitative estimate of drug-likeness (QED) is 0.843. The fourth-order valence-corrected chi connectivity index (χ4v) is 2.68. The molecule has 0 amide bonds. The van der Waals surface area contributed by atoms with E-state index in [1.165, 1.54) is 24.0 Å². The van der Waals surface area contributed by atoms with Gasteiger partial charge in [0.25, 0.3) is 0 Å². The first-order valence-corrected chi connectivity index (χ1v) is 7.19. The Bertz CT molecular complexity index is 546. The van der Waals surface area contributed by atoms with Crippen LogP contribution >= 0.6 is 15.9 Å². The molecule has 2 aromatic carbocycles. The van der Waals surface area contributed by atoms with Crippen LogP contribution in [0.4, 0.5) is 5.69 Å². The Morgan fingerprint density at radius 2 is 1.89 bits per heavy atom. The van der Waals surface area contributed by atoms with Crippen molar-refractivity contribution in [2.75, 3.05) is 5.32 Å². The van der Waals surface area contributed by atoms with Crippen molar-refractivity contribution in [1.29, 1.82) is 0 Å². The number of nitrogens with one attached hydrogen (secondary N) is 1. The Hall–Kier alpha value is -1.28. The summed E-state index contributed by atoms with van der Waals surface area (Å²) in [6.07, 6.45) is 2.71. The summed E-state index contributed by atoms with van der Waals surface area (Å²) in [5.41, 5.74) is 4.12. The van der Waals surface area contributed by atoms with Gasteiger partial charge in [-0.25, -0.2) is 0 Å². The lowest BCUT2D eigenvalue weighted by Crippen LogP contribution is -2.02. The van der Waals surface area contributed by atoms with Gasteiger partial charge in [0.2, 0.25) is 0 Å². The van der Waals surface area contributed by atoms with Crippen LogP contribution in [0.1, 0.15) is 29.9 Å². The van der Waals surface area contributed by atoms with E-state index in [4.69, 9.17) is 0 Å². The second-order valence-electron chi connectivity index (χ2n) is 4.84. The number of anilines is 1. The van der Waals surface area contributed by atoms with E-state index in [0.29, 0.717) is 0 Å². The van der Waals surface area contributed by atoms with E-state index < -0.39 is 0 Å². The summed E-state index contributed by atoms with van der Waals surface area (Å²) in [5, 5.41) is 3.49. The molecule has 3 rings (SSSR count). The number of benzene rings is 2. The minimum atomic E-state index is 0.811. The number of hydrogen-bond acceptors (Lipinski definition) is 1. The maximum atomic E-state index is 3.50. The van der Waals surface area contributed by atoms with Crippen molar-refractivity contribution in [3.05, 3.63) is 64.1 Å². The molecular formula is C16H16BrN. The van der Waals surface area contributed by atoms with Gasteiger partial charge in [0, 0.05) is 16.7 Å². The molecule has 0 bridgehead atoms. The highest BCUT2D eigenvalue weighted by Gasteiger charge is 2.25. The first kappa shape index (κ1) is 11.8. The lowest BCUT2D eigenvalue weighted by Gasteiger charge is -2.11. The summed E-state index contributed by atoms with van der Waals surface area (Å²) in [5.74, 6) is 0.811. The highest BCUT2D eigenvalue weighted by atomic mass is 79.9. The van der Waals surface area contributed by atoms with Gasteiger partial charge in [-0.1, -0.05) is 46.3 Å². The molecule has 0 unspecified atom stereocenters. The third kappa shape index (κ3) is 2.75. The van der Waals surface area contributed by atoms with E-state index in [1.807, 2.05) is 6.07 Å². The third-order valence-corrected chi connectivity index (χ3v) is 3.87. The van der Waals surface area contributed by atoms with Crippen molar-refractivity contribution in [2.45, 2.75) is 25.3 Å². The Kier molecular flexibility index (Phi) is 3.37. The molecular weight excluding hydrogens is 286 g/mol. The van der Waals surface area contributed by atoms with Crippen molar-refractivity contribution >= 4 is 21.6 Å². The molecule has 2 aromatic rings. The second-order valence-corrected chi connectivity index (χ2v) is 5.75. The Balaban J connectivity index is 1.73. The SMILES string of the molecule is Brc1cccc(NCc2ccccc2C2CC2)c1. The topological polar surface area (TPSA) is 12.0 Å².